The fraction of sp³-hybridized carbons (Fsp3) is 0.381. The van der Waals surface area contributed by atoms with Gasteiger partial charge in [-0.1, -0.05) is 11.6 Å². The van der Waals surface area contributed by atoms with Crippen LogP contribution in [0.15, 0.2) is 23.7 Å². The average Bonchev–Trinajstić information content (AvgIpc) is 3.40. The van der Waals surface area contributed by atoms with Gasteiger partial charge in [0.1, 0.15) is 10.7 Å². The Morgan fingerprint density at radius 3 is 2.38 bits per heavy atom. The Kier molecular flexibility index (Phi) is 6.03. The van der Waals surface area contributed by atoms with Crippen molar-refractivity contribution in [1.29, 1.82) is 0 Å². The molecule has 34 heavy (non-hydrogen) atoms. The van der Waals surface area contributed by atoms with E-state index < -0.39 is 17.6 Å². The van der Waals surface area contributed by atoms with Crippen LogP contribution in [0.25, 0.3) is 10.1 Å². The summed E-state index contributed by atoms with van der Waals surface area (Å²) in [6.07, 6.45) is -3.25. The summed E-state index contributed by atoms with van der Waals surface area (Å²) in [5.41, 5.74) is -1.41. The number of hydrogen-bond donors (Lipinski definition) is 0. The second kappa shape index (κ2) is 8.74. The van der Waals surface area contributed by atoms with Gasteiger partial charge in [0.25, 0.3) is 11.8 Å². The summed E-state index contributed by atoms with van der Waals surface area (Å²) in [7, 11) is 0. The third-order valence-corrected chi connectivity index (χ3v) is 8.51. The maximum Gasteiger partial charge on any atom is 0.419 e. The zero-order valence-corrected chi connectivity index (χ0v) is 19.8. The molecule has 180 valence electrons. The van der Waals surface area contributed by atoms with Gasteiger partial charge in [-0.15, -0.1) is 22.7 Å². The van der Waals surface area contributed by atoms with Crippen molar-refractivity contribution in [2.45, 2.75) is 12.2 Å². The molecule has 1 aromatic carbocycles. The third kappa shape index (κ3) is 4.16. The lowest BCUT2D eigenvalue weighted by Crippen LogP contribution is -2.64. The summed E-state index contributed by atoms with van der Waals surface area (Å²) in [5.74, 6) is -1.85. The van der Waals surface area contributed by atoms with Crippen molar-refractivity contribution in [1.82, 2.24) is 19.7 Å². The van der Waals surface area contributed by atoms with Crippen LogP contribution >= 0.6 is 34.3 Å². The molecule has 0 unspecified atom stereocenters. The summed E-state index contributed by atoms with van der Waals surface area (Å²) in [6, 6.07) is 1.56. The SMILES string of the molecule is O=C(c1nccs1)N1CCN(C2CN(C(=O)c3sc4cc(F)c(C(F)(F)F)cc4c3Cl)C2)CC1. The van der Waals surface area contributed by atoms with Gasteiger partial charge in [-0.2, -0.15) is 13.2 Å². The molecule has 2 fully saturated rings. The van der Waals surface area contributed by atoms with Crippen LogP contribution in [0.4, 0.5) is 17.6 Å². The van der Waals surface area contributed by atoms with Crippen molar-refractivity contribution >= 4 is 56.2 Å². The predicted molar refractivity (Wildman–Crippen MR) is 121 cm³/mol. The van der Waals surface area contributed by atoms with Gasteiger partial charge in [0.05, 0.1) is 10.6 Å². The zero-order valence-electron chi connectivity index (χ0n) is 17.4. The minimum Gasteiger partial charge on any atom is -0.335 e. The Labute approximate surface area is 204 Å². The van der Waals surface area contributed by atoms with E-state index in [1.807, 2.05) is 0 Å². The first-order valence-corrected chi connectivity index (χ1v) is 12.4. The van der Waals surface area contributed by atoms with Gasteiger partial charge >= 0.3 is 6.18 Å². The molecule has 2 aliphatic rings. The first-order chi connectivity index (χ1) is 16.1. The van der Waals surface area contributed by atoms with Crippen molar-refractivity contribution in [3.05, 3.63) is 50.0 Å². The topological polar surface area (TPSA) is 56.8 Å². The molecule has 0 bridgehead atoms. The summed E-state index contributed by atoms with van der Waals surface area (Å²) < 4.78 is 53.2. The second-order valence-corrected chi connectivity index (χ2v) is 10.4. The van der Waals surface area contributed by atoms with Crippen molar-refractivity contribution in [2.75, 3.05) is 39.3 Å². The first kappa shape index (κ1) is 23.5. The van der Waals surface area contributed by atoms with Crippen molar-refractivity contribution in [3.8, 4) is 0 Å². The van der Waals surface area contributed by atoms with E-state index in [4.69, 9.17) is 11.6 Å². The number of carbonyl (C=O) groups is 2. The fourth-order valence-electron chi connectivity index (χ4n) is 4.19. The number of thiophene rings is 1. The largest absolute Gasteiger partial charge is 0.419 e. The van der Waals surface area contributed by atoms with Crippen molar-refractivity contribution < 1.29 is 27.2 Å². The molecule has 0 aliphatic carbocycles. The number of rotatable bonds is 3. The standard InChI is InChI=1S/C21H17ClF4N4O2S2/c22-16-12-7-13(21(24,25)26)14(23)8-15(12)34-17(16)19(31)30-9-11(10-30)28-2-4-29(5-3-28)20(32)18-27-1-6-33-18/h1,6-8,11H,2-5,9-10H2. The Balaban J connectivity index is 1.22. The average molecular weight is 533 g/mol. The number of likely N-dealkylation sites (tertiary alicyclic amines) is 1. The molecule has 2 saturated heterocycles. The molecule has 2 aliphatic heterocycles. The number of carbonyl (C=O) groups excluding carboxylic acids is 2. The lowest BCUT2D eigenvalue weighted by molar-refractivity contribution is -0.139. The van der Waals surface area contributed by atoms with E-state index >= 15 is 0 Å². The van der Waals surface area contributed by atoms with E-state index in [0.29, 0.717) is 50.3 Å². The Hall–Kier alpha value is -2.28. The quantitative estimate of drug-likeness (QED) is 0.468. The molecule has 6 nitrogen and oxygen atoms in total. The van der Waals surface area contributed by atoms with E-state index in [1.165, 1.54) is 11.3 Å². The molecule has 0 atom stereocenters. The number of amides is 2. The van der Waals surface area contributed by atoms with Gasteiger partial charge in [-0.25, -0.2) is 9.37 Å². The van der Waals surface area contributed by atoms with Crippen LogP contribution in [-0.2, 0) is 6.18 Å². The molecule has 5 rings (SSSR count). The van der Waals surface area contributed by atoms with E-state index in [-0.39, 0.29) is 37.8 Å². The normalized spacial score (nSPS) is 17.9. The van der Waals surface area contributed by atoms with Crippen molar-refractivity contribution in [3.63, 3.8) is 0 Å². The maximum atomic E-state index is 13.9. The molecule has 2 aromatic heterocycles. The number of piperazine rings is 1. The van der Waals surface area contributed by atoms with Gasteiger partial charge in [-0.3, -0.25) is 14.5 Å². The number of benzene rings is 1. The van der Waals surface area contributed by atoms with Gasteiger partial charge in [0.15, 0.2) is 5.01 Å². The molecule has 13 heteroatoms. The van der Waals surface area contributed by atoms with E-state index in [2.05, 4.69) is 9.88 Å². The van der Waals surface area contributed by atoms with E-state index in [0.717, 1.165) is 17.4 Å². The van der Waals surface area contributed by atoms with Crippen LogP contribution < -0.4 is 0 Å². The van der Waals surface area contributed by atoms with Gasteiger partial charge < -0.3 is 9.80 Å². The monoisotopic (exact) mass is 532 g/mol. The number of fused-ring (bicyclic) bond motifs is 1. The summed E-state index contributed by atoms with van der Waals surface area (Å²) >= 11 is 8.44. The van der Waals surface area contributed by atoms with Crippen LogP contribution in [0.2, 0.25) is 5.02 Å². The van der Waals surface area contributed by atoms with Crippen LogP contribution in [-0.4, -0.2) is 76.8 Å². The van der Waals surface area contributed by atoms with E-state index in [9.17, 15) is 27.2 Å². The molecule has 0 spiro atoms. The number of halogens is 5. The molecule has 3 aromatic rings. The summed E-state index contributed by atoms with van der Waals surface area (Å²) in [4.78, 5) is 35.1. The highest BCUT2D eigenvalue weighted by molar-refractivity contribution is 7.21. The smallest absolute Gasteiger partial charge is 0.335 e. The molecule has 2 amide bonds. The number of hydrogen-bond acceptors (Lipinski definition) is 6. The molecular weight excluding hydrogens is 516 g/mol. The van der Waals surface area contributed by atoms with Crippen molar-refractivity contribution in [2.24, 2.45) is 0 Å². The summed E-state index contributed by atoms with van der Waals surface area (Å²) in [5, 5.41) is 2.16. The highest BCUT2D eigenvalue weighted by atomic mass is 35.5. The molecule has 0 radical (unpaired) electrons. The maximum absolute atomic E-state index is 13.9. The first-order valence-electron chi connectivity index (χ1n) is 10.3. The van der Waals surface area contributed by atoms with Crippen LogP contribution in [0.5, 0.6) is 0 Å². The third-order valence-electron chi connectivity index (χ3n) is 6.10. The van der Waals surface area contributed by atoms with Gasteiger partial charge in [-0.05, 0) is 12.1 Å². The van der Waals surface area contributed by atoms with Crippen LogP contribution in [0.1, 0.15) is 25.0 Å². The highest BCUT2D eigenvalue weighted by Crippen LogP contribution is 2.41. The minimum absolute atomic E-state index is 0.0156. The number of alkyl halides is 3. The van der Waals surface area contributed by atoms with Crippen LogP contribution in [0.3, 0.4) is 0 Å². The zero-order chi connectivity index (χ0) is 24.2. The molecule has 0 saturated carbocycles. The molecular formula is C21H17ClF4N4O2S2. The summed E-state index contributed by atoms with van der Waals surface area (Å²) in [6.45, 7) is 3.38. The van der Waals surface area contributed by atoms with Gasteiger partial charge in [0, 0.05) is 67.0 Å². The number of aromatic nitrogens is 1. The minimum atomic E-state index is -4.85. The predicted octanol–water partition coefficient (Wildman–Crippen LogP) is 4.45. The Morgan fingerprint density at radius 2 is 1.76 bits per heavy atom. The number of thiazole rings is 1. The second-order valence-electron chi connectivity index (χ2n) is 8.10. The fourth-order valence-corrected chi connectivity index (χ4v) is 6.27. The molecule has 0 N–H and O–H groups in total. The van der Waals surface area contributed by atoms with Gasteiger partial charge in [0.2, 0.25) is 0 Å². The molecule has 4 heterocycles. The lowest BCUT2D eigenvalue weighted by Gasteiger charge is -2.48. The number of nitrogens with zero attached hydrogens (tertiary/aromatic N) is 4. The van der Waals surface area contributed by atoms with Crippen LogP contribution in [0, 0.1) is 5.82 Å². The Bertz CT molecular complexity index is 1250. The van der Waals surface area contributed by atoms with E-state index in [1.54, 1.807) is 21.4 Å². The lowest BCUT2D eigenvalue weighted by atomic mass is 10.1. The Morgan fingerprint density at radius 1 is 1.06 bits per heavy atom. The highest BCUT2D eigenvalue weighted by Gasteiger charge is 2.39.